The first kappa shape index (κ1) is 16.1. The molecular formula is C16H7BrN6. The van der Waals surface area contributed by atoms with Crippen LogP contribution in [0.25, 0.3) is 0 Å². The van der Waals surface area contributed by atoms with Gasteiger partial charge in [-0.05, 0) is 17.7 Å². The maximum atomic E-state index is 9.67. The molecule has 0 bridgehead atoms. The van der Waals surface area contributed by atoms with Gasteiger partial charge in [-0.2, -0.15) is 26.3 Å². The van der Waals surface area contributed by atoms with E-state index in [9.17, 15) is 15.8 Å². The Morgan fingerprint density at radius 1 is 1.04 bits per heavy atom. The number of hydrogen-bond donors (Lipinski definition) is 1. The molecule has 0 unspecified atom stereocenters. The predicted octanol–water partition coefficient (Wildman–Crippen LogP) is 2.35. The van der Waals surface area contributed by atoms with Crippen molar-refractivity contribution in [1.82, 2.24) is 0 Å². The molecule has 1 saturated carbocycles. The molecule has 0 amide bonds. The standard InChI is InChI=1S/C16H7BrN6/c17-12-3-1-2-10(4-12)13-15(7-20,8-21)16(13,9-22)14(23)11(5-18)6-19/h1-4,13H,23H2/t13-,16-/m1/s1. The van der Waals surface area contributed by atoms with Crippen LogP contribution in [0, 0.1) is 67.5 Å². The summed E-state index contributed by atoms with van der Waals surface area (Å²) in [6, 6.07) is 15.7. The molecule has 0 spiro atoms. The van der Waals surface area contributed by atoms with Crippen LogP contribution < -0.4 is 5.73 Å². The fourth-order valence-corrected chi connectivity index (χ4v) is 3.33. The van der Waals surface area contributed by atoms with Gasteiger partial charge in [0.1, 0.15) is 23.1 Å². The number of allylic oxidation sites excluding steroid dienone is 2. The Labute approximate surface area is 141 Å². The van der Waals surface area contributed by atoms with Gasteiger partial charge in [0, 0.05) is 10.4 Å². The van der Waals surface area contributed by atoms with Crippen LogP contribution in [0.1, 0.15) is 11.5 Å². The third-order valence-electron chi connectivity index (χ3n) is 4.03. The molecule has 0 aliphatic heterocycles. The molecule has 1 aliphatic rings. The average Bonchev–Trinajstić information content (AvgIpc) is 3.19. The molecule has 2 N–H and O–H groups in total. The van der Waals surface area contributed by atoms with E-state index in [-0.39, 0.29) is 5.70 Å². The Morgan fingerprint density at radius 3 is 2.09 bits per heavy atom. The SMILES string of the molecule is N#CC(C#N)=C(N)[C@@]1(C#N)[C@H](c2cccc(Br)c2)C1(C#N)C#N. The van der Waals surface area contributed by atoms with Crippen LogP contribution in [0.3, 0.4) is 0 Å². The van der Waals surface area contributed by atoms with Crippen molar-refractivity contribution in [3.63, 3.8) is 0 Å². The lowest BCUT2D eigenvalue weighted by atomic mass is 9.90. The summed E-state index contributed by atoms with van der Waals surface area (Å²) >= 11 is 3.30. The zero-order chi connectivity index (χ0) is 17.3. The van der Waals surface area contributed by atoms with Crippen molar-refractivity contribution in [3.05, 3.63) is 45.6 Å². The second-order valence-electron chi connectivity index (χ2n) is 4.95. The van der Waals surface area contributed by atoms with Gasteiger partial charge in [-0.3, -0.25) is 0 Å². The molecule has 2 atom stereocenters. The highest BCUT2D eigenvalue weighted by Crippen LogP contribution is 2.76. The molecule has 0 saturated heterocycles. The summed E-state index contributed by atoms with van der Waals surface area (Å²) < 4.78 is 0.710. The molecule has 0 aromatic heterocycles. The van der Waals surface area contributed by atoms with Crippen LogP contribution in [0.2, 0.25) is 0 Å². The maximum absolute atomic E-state index is 9.67. The summed E-state index contributed by atoms with van der Waals surface area (Å²) in [5.74, 6) is -0.843. The number of rotatable bonds is 2. The largest absolute Gasteiger partial charge is 0.399 e. The second kappa shape index (κ2) is 5.47. The third-order valence-corrected chi connectivity index (χ3v) is 4.53. The molecular weight excluding hydrogens is 356 g/mol. The van der Waals surface area contributed by atoms with Crippen molar-refractivity contribution in [2.75, 3.05) is 0 Å². The van der Waals surface area contributed by atoms with E-state index in [2.05, 4.69) is 15.9 Å². The number of nitrogens with zero attached hydrogens (tertiary/aromatic N) is 5. The van der Waals surface area contributed by atoms with E-state index in [0.29, 0.717) is 10.0 Å². The van der Waals surface area contributed by atoms with Gasteiger partial charge in [0.05, 0.1) is 23.9 Å². The van der Waals surface area contributed by atoms with Crippen LogP contribution in [-0.2, 0) is 0 Å². The average molecular weight is 363 g/mol. The Hall–Kier alpha value is -3.31. The van der Waals surface area contributed by atoms with Gasteiger partial charge < -0.3 is 5.73 Å². The van der Waals surface area contributed by atoms with Crippen molar-refractivity contribution >= 4 is 15.9 Å². The molecule has 108 valence electrons. The molecule has 1 aromatic carbocycles. The van der Waals surface area contributed by atoms with Crippen molar-refractivity contribution in [3.8, 4) is 30.3 Å². The smallest absolute Gasteiger partial charge is 0.177 e. The van der Waals surface area contributed by atoms with Gasteiger partial charge in [0.25, 0.3) is 0 Å². The lowest BCUT2D eigenvalue weighted by Gasteiger charge is -2.09. The molecule has 2 rings (SSSR count). The molecule has 1 aromatic rings. The Bertz CT molecular complexity index is 898. The van der Waals surface area contributed by atoms with Crippen molar-refractivity contribution in [2.24, 2.45) is 16.6 Å². The summed E-state index contributed by atoms with van der Waals surface area (Å²) in [4.78, 5) is 0. The Balaban J connectivity index is 2.80. The van der Waals surface area contributed by atoms with E-state index in [1.165, 1.54) is 0 Å². The number of benzene rings is 1. The first-order valence-electron chi connectivity index (χ1n) is 6.28. The van der Waals surface area contributed by atoms with Crippen molar-refractivity contribution < 1.29 is 0 Å². The molecule has 7 heteroatoms. The van der Waals surface area contributed by atoms with E-state index in [4.69, 9.17) is 16.3 Å². The van der Waals surface area contributed by atoms with Crippen molar-refractivity contribution in [2.45, 2.75) is 5.92 Å². The molecule has 23 heavy (non-hydrogen) atoms. The zero-order valence-electron chi connectivity index (χ0n) is 11.6. The fraction of sp³-hybridized carbons (Fsp3) is 0.188. The zero-order valence-corrected chi connectivity index (χ0v) is 13.2. The van der Waals surface area contributed by atoms with Gasteiger partial charge in [-0.1, -0.05) is 28.1 Å². The van der Waals surface area contributed by atoms with Gasteiger partial charge in [0.2, 0.25) is 0 Å². The van der Waals surface area contributed by atoms with E-state index >= 15 is 0 Å². The minimum Gasteiger partial charge on any atom is -0.399 e. The highest BCUT2D eigenvalue weighted by atomic mass is 79.9. The van der Waals surface area contributed by atoms with E-state index in [1.807, 2.05) is 18.2 Å². The summed E-state index contributed by atoms with van der Waals surface area (Å²) in [6.07, 6.45) is 0. The summed E-state index contributed by atoms with van der Waals surface area (Å²) in [6.45, 7) is 0. The van der Waals surface area contributed by atoms with Crippen LogP contribution in [0.4, 0.5) is 0 Å². The van der Waals surface area contributed by atoms with E-state index in [1.54, 1.807) is 36.4 Å². The monoisotopic (exact) mass is 362 g/mol. The van der Waals surface area contributed by atoms with Crippen LogP contribution in [0.5, 0.6) is 0 Å². The highest BCUT2D eigenvalue weighted by Gasteiger charge is 2.82. The first-order chi connectivity index (χ1) is 11.0. The summed E-state index contributed by atoms with van der Waals surface area (Å²) in [5.41, 5.74) is 2.18. The van der Waals surface area contributed by atoms with Gasteiger partial charge in [-0.25, -0.2) is 0 Å². The third kappa shape index (κ3) is 1.88. The number of nitriles is 5. The second-order valence-corrected chi connectivity index (χ2v) is 5.87. The van der Waals surface area contributed by atoms with Gasteiger partial charge >= 0.3 is 0 Å². The number of halogens is 1. The molecule has 6 nitrogen and oxygen atoms in total. The quantitative estimate of drug-likeness (QED) is 0.798. The number of nitrogens with two attached hydrogens (primary N) is 1. The molecule has 0 heterocycles. The Morgan fingerprint density at radius 2 is 1.65 bits per heavy atom. The van der Waals surface area contributed by atoms with Crippen molar-refractivity contribution in [1.29, 1.82) is 26.3 Å². The minimum absolute atomic E-state index is 0.335. The maximum Gasteiger partial charge on any atom is 0.177 e. The predicted molar refractivity (Wildman–Crippen MR) is 81.0 cm³/mol. The molecule has 1 fully saturated rings. The van der Waals surface area contributed by atoms with E-state index in [0.717, 1.165) is 0 Å². The van der Waals surface area contributed by atoms with Gasteiger partial charge in [0.15, 0.2) is 5.41 Å². The minimum atomic E-state index is -1.74. The normalized spacial score (nSPS) is 23.0. The molecule has 0 radical (unpaired) electrons. The lowest BCUT2D eigenvalue weighted by molar-refractivity contribution is 0.660. The summed E-state index contributed by atoms with van der Waals surface area (Å²) in [5, 5.41) is 46.7. The molecule has 1 aliphatic carbocycles. The van der Waals surface area contributed by atoms with E-state index < -0.39 is 22.3 Å². The number of hydrogen-bond acceptors (Lipinski definition) is 6. The van der Waals surface area contributed by atoms with Crippen LogP contribution in [-0.4, -0.2) is 0 Å². The summed E-state index contributed by atoms with van der Waals surface area (Å²) in [7, 11) is 0. The fourth-order valence-electron chi connectivity index (χ4n) is 2.91. The topological polar surface area (TPSA) is 145 Å². The lowest BCUT2D eigenvalue weighted by Crippen LogP contribution is -2.20. The van der Waals surface area contributed by atoms with Crippen LogP contribution >= 0.6 is 15.9 Å². The van der Waals surface area contributed by atoms with Gasteiger partial charge in [-0.15, -0.1) is 0 Å². The highest BCUT2D eigenvalue weighted by molar-refractivity contribution is 9.10. The Kier molecular flexibility index (Phi) is 3.82. The first-order valence-corrected chi connectivity index (χ1v) is 7.08. The van der Waals surface area contributed by atoms with Crippen LogP contribution in [0.15, 0.2) is 40.0 Å².